The number of carbonyl (C=O) groups excluding carboxylic acids is 3. The van der Waals surface area contributed by atoms with Crippen molar-refractivity contribution >= 4 is 17.8 Å². The lowest BCUT2D eigenvalue weighted by Gasteiger charge is -2.22. The molecule has 1 fully saturated rings. The van der Waals surface area contributed by atoms with Crippen molar-refractivity contribution < 1.29 is 23.9 Å². The number of benzene rings is 1. The molecule has 2 rings (SSSR count). The van der Waals surface area contributed by atoms with Gasteiger partial charge in [-0.2, -0.15) is 5.26 Å². The number of hydrogen-bond acceptors (Lipinski definition) is 6. The molecule has 27 heavy (non-hydrogen) atoms. The molecule has 0 spiro atoms. The van der Waals surface area contributed by atoms with Crippen LogP contribution in [0.25, 0.3) is 0 Å². The quantitative estimate of drug-likeness (QED) is 0.628. The smallest absolute Gasteiger partial charge is 0.325 e. The van der Waals surface area contributed by atoms with Gasteiger partial charge in [0.25, 0.3) is 11.8 Å². The zero-order valence-electron chi connectivity index (χ0n) is 15.4. The molecule has 8 nitrogen and oxygen atoms in total. The van der Waals surface area contributed by atoms with Crippen LogP contribution in [0.15, 0.2) is 24.3 Å². The van der Waals surface area contributed by atoms with Gasteiger partial charge in [0.2, 0.25) is 0 Å². The van der Waals surface area contributed by atoms with Crippen LogP contribution in [0.3, 0.4) is 0 Å². The fourth-order valence-corrected chi connectivity index (χ4v) is 2.59. The molecule has 1 aliphatic carbocycles. The first-order valence-electron chi connectivity index (χ1n) is 8.77. The summed E-state index contributed by atoms with van der Waals surface area (Å²) in [4.78, 5) is 35.8. The van der Waals surface area contributed by atoms with Crippen molar-refractivity contribution in [1.29, 1.82) is 5.26 Å². The summed E-state index contributed by atoms with van der Waals surface area (Å²) < 4.78 is 10.2. The lowest BCUT2D eigenvalue weighted by molar-refractivity contribution is -0.147. The molecule has 144 valence electrons. The fourth-order valence-electron chi connectivity index (χ4n) is 2.59. The number of rotatable bonds is 9. The normalized spacial score (nSPS) is 15.0. The third kappa shape index (κ3) is 5.71. The van der Waals surface area contributed by atoms with E-state index in [0.29, 0.717) is 17.9 Å². The van der Waals surface area contributed by atoms with Crippen molar-refractivity contribution in [3.63, 3.8) is 0 Å². The summed E-state index contributed by atoms with van der Waals surface area (Å²) in [6, 6.07) is 8.76. The van der Waals surface area contributed by atoms with Crippen LogP contribution in [0.1, 0.15) is 37.0 Å². The second-order valence-corrected chi connectivity index (χ2v) is 6.41. The predicted octanol–water partition coefficient (Wildman–Crippen LogP) is 1.17. The molecule has 1 atom stereocenters. The maximum absolute atomic E-state index is 12.2. The molecule has 1 aromatic carbocycles. The van der Waals surface area contributed by atoms with Crippen LogP contribution in [0, 0.1) is 17.2 Å². The van der Waals surface area contributed by atoms with E-state index in [1.807, 2.05) is 0 Å². The van der Waals surface area contributed by atoms with Gasteiger partial charge in [-0.15, -0.1) is 0 Å². The summed E-state index contributed by atoms with van der Waals surface area (Å²) in [6.45, 7) is 2.97. The summed E-state index contributed by atoms with van der Waals surface area (Å²) in [7, 11) is 0. The van der Waals surface area contributed by atoms with E-state index in [9.17, 15) is 19.6 Å². The third-order valence-corrected chi connectivity index (χ3v) is 4.21. The minimum atomic E-state index is -0.944. The monoisotopic (exact) mass is 373 g/mol. The largest absolute Gasteiger partial charge is 0.493 e. The van der Waals surface area contributed by atoms with Gasteiger partial charge in [-0.25, -0.2) is 0 Å². The Bertz CT molecular complexity index is 754. The first-order valence-corrected chi connectivity index (χ1v) is 8.77. The van der Waals surface area contributed by atoms with Gasteiger partial charge in [0, 0.05) is 0 Å². The number of ether oxygens (including phenoxy) is 2. The lowest BCUT2D eigenvalue weighted by Crippen LogP contribution is -2.48. The molecule has 0 bridgehead atoms. The molecule has 1 aromatic rings. The third-order valence-electron chi connectivity index (χ3n) is 4.21. The Labute approximate surface area is 157 Å². The van der Waals surface area contributed by atoms with Crippen LogP contribution < -0.4 is 15.4 Å². The fraction of sp³-hybridized carbons (Fsp3) is 0.474. The second-order valence-electron chi connectivity index (χ2n) is 6.41. The molecule has 0 saturated heterocycles. The number of carbonyl (C=O) groups is 3. The van der Waals surface area contributed by atoms with Gasteiger partial charge in [0.1, 0.15) is 17.8 Å². The molecule has 0 aromatic heterocycles. The van der Waals surface area contributed by atoms with Crippen molar-refractivity contribution in [3.8, 4) is 11.8 Å². The number of hydrogen-bond donors (Lipinski definition) is 2. The van der Waals surface area contributed by atoms with Crippen LogP contribution in [0.5, 0.6) is 5.75 Å². The maximum atomic E-state index is 12.2. The summed E-state index contributed by atoms with van der Waals surface area (Å²) in [5, 5.41) is 14.2. The zero-order valence-corrected chi connectivity index (χ0v) is 15.4. The van der Waals surface area contributed by atoms with Gasteiger partial charge < -0.3 is 20.1 Å². The van der Waals surface area contributed by atoms with Crippen LogP contribution in [-0.4, -0.2) is 43.1 Å². The highest BCUT2D eigenvalue weighted by atomic mass is 16.5. The summed E-state index contributed by atoms with van der Waals surface area (Å²) in [5.74, 6) is -1.23. The van der Waals surface area contributed by atoms with Gasteiger partial charge in [-0.3, -0.25) is 14.4 Å². The van der Waals surface area contributed by atoms with Crippen LogP contribution in [-0.2, 0) is 14.3 Å². The van der Waals surface area contributed by atoms with Crippen molar-refractivity contribution in [2.24, 2.45) is 5.92 Å². The van der Waals surface area contributed by atoms with Crippen LogP contribution in [0.2, 0.25) is 0 Å². The van der Waals surface area contributed by atoms with Gasteiger partial charge >= 0.3 is 5.97 Å². The number of para-hydroxylation sites is 1. The molecule has 1 aliphatic rings. The van der Waals surface area contributed by atoms with Crippen molar-refractivity contribution in [2.75, 3.05) is 19.8 Å². The molecule has 0 heterocycles. The molecular formula is C19H23N3O5. The minimum absolute atomic E-state index is 0.131. The van der Waals surface area contributed by atoms with Crippen molar-refractivity contribution in [2.45, 2.75) is 32.2 Å². The highest BCUT2D eigenvalue weighted by Gasteiger charge is 2.43. The topological polar surface area (TPSA) is 118 Å². The summed E-state index contributed by atoms with van der Waals surface area (Å²) >= 11 is 0. The Morgan fingerprint density at radius 3 is 2.63 bits per heavy atom. The Morgan fingerprint density at radius 2 is 2.00 bits per heavy atom. The highest BCUT2D eigenvalue weighted by Crippen LogP contribution is 2.39. The number of amides is 2. The van der Waals surface area contributed by atoms with Gasteiger partial charge in [-0.05, 0) is 44.7 Å². The molecule has 1 saturated carbocycles. The maximum Gasteiger partial charge on any atom is 0.325 e. The van der Waals surface area contributed by atoms with E-state index in [1.54, 1.807) is 38.1 Å². The molecule has 8 heteroatoms. The zero-order chi connectivity index (χ0) is 19.9. The van der Waals surface area contributed by atoms with E-state index in [2.05, 4.69) is 16.7 Å². The van der Waals surface area contributed by atoms with Gasteiger partial charge in [-0.1, -0.05) is 12.1 Å². The van der Waals surface area contributed by atoms with E-state index >= 15 is 0 Å². The average molecular weight is 373 g/mol. The molecular weight excluding hydrogens is 350 g/mol. The van der Waals surface area contributed by atoms with Crippen LogP contribution in [0.4, 0.5) is 0 Å². The van der Waals surface area contributed by atoms with Gasteiger partial charge in [0.15, 0.2) is 6.61 Å². The standard InChI is InChI=1S/C19H23N3O5/c1-3-26-15-7-5-4-6-14(15)18(25)21-10-17(24)27-11-16(23)22-19(2,12-20)13-8-9-13/h4-7,13H,3,8-11H2,1-2H3,(H,21,25)(H,22,23)/t19-/m0/s1. The minimum Gasteiger partial charge on any atom is -0.493 e. The Hall–Kier alpha value is -3.08. The number of nitrogens with one attached hydrogen (secondary N) is 2. The Morgan fingerprint density at radius 1 is 1.30 bits per heavy atom. The molecule has 0 aliphatic heterocycles. The SMILES string of the molecule is CCOc1ccccc1C(=O)NCC(=O)OCC(=O)N[C@@](C)(C#N)C1CC1. The van der Waals surface area contributed by atoms with Crippen LogP contribution >= 0.6 is 0 Å². The van der Waals surface area contributed by atoms with Crippen molar-refractivity contribution in [1.82, 2.24) is 10.6 Å². The second kappa shape index (κ2) is 9.03. The molecule has 2 N–H and O–H groups in total. The summed E-state index contributed by atoms with van der Waals surface area (Å²) in [5.41, 5.74) is -0.639. The predicted molar refractivity (Wildman–Crippen MR) is 95.8 cm³/mol. The van der Waals surface area contributed by atoms with E-state index in [-0.39, 0.29) is 12.5 Å². The van der Waals surface area contributed by atoms with Gasteiger partial charge in [0.05, 0.1) is 18.2 Å². The molecule has 0 unspecified atom stereocenters. The van der Waals surface area contributed by atoms with Crippen molar-refractivity contribution in [3.05, 3.63) is 29.8 Å². The molecule has 0 radical (unpaired) electrons. The Balaban J connectivity index is 1.77. The average Bonchev–Trinajstić information content (AvgIpc) is 3.51. The first kappa shape index (κ1) is 20.2. The Kier molecular flexibility index (Phi) is 6.77. The van der Waals surface area contributed by atoms with E-state index in [4.69, 9.17) is 9.47 Å². The number of nitriles is 1. The van der Waals surface area contributed by atoms with E-state index < -0.39 is 29.9 Å². The van der Waals surface area contributed by atoms with E-state index in [1.165, 1.54) is 0 Å². The first-order chi connectivity index (χ1) is 12.9. The number of esters is 1. The lowest BCUT2D eigenvalue weighted by atomic mass is 9.98. The van der Waals surface area contributed by atoms with E-state index in [0.717, 1.165) is 12.8 Å². The summed E-state index contributed by atoms with van der Waals surface area (Å²) in [6.07, 6.45) is 1.78. The number of nitrogens with zero attached hydrogens (tertiary/aromatic N) is 1. The highest BCUT2D eigenvalue weighted by molar-refractivity contribution is 5.98. The molecule has 2 amide bonds.